The van der Waals surface area contributed by atoms with Crippen molar-refractivity contribution in [3.8, 4) is 5.75 Å². The maximum absolute atomic E-state index is 14.4. The Morgan fingerprint density at radius 3 is 2.14 bits per heavy atom. The third-order valence-corrected chi connectivity index (χ3v) is 11.4. The molecule has 3 aliphatic rings. The molecule has 2 N–H and O–H groups in total. The average Bonchev–Trinajstić information content (AvgIpc) is 3.56. The molecule has 312 valence electrons. The van der Waals surface area contributed by atoms with Crippen molar-refractivity contribution in [2.45, 2.75) is 153 Å². The van der Waals surface area contributed by atoms with Gasteiger partial charge in [0.15, 0.2) is 11.3 Å². The largest absolute Gasteiger partial charge is 0.482 e. The van der Waals surface area contributed by atoms with Crippen molar-refractivity contribution in [2.24, 2.45) is 5.16 Å². The maximum Gasteiger partial charge on any atom is 0.311 e. The second-order valence-corrected chi connectivity index (χ2v) is 15.6. The van der Waals surface area contributed by atoms with Crippen molar-refractivity contribution in [1.29, 1.82) is 0 Å². The van der Waals surface area contributed by atoms with Gasteiger partial charge in [-0.15, -0.1) is 0 Å². The number of unbranched alkanes of at least 4 members (excludes halogenated alkanes) is 13. The smallest absolute Gasteiger partial charge is 0.311 e. The third-order valence-electron chi connectivity index (χ3n) is 11.4. The molecule has 57 heavy (non-hydrogen) atoms. The number of pyridine rings is 1. The Hall–Kier alpha value is -4.82. The van der Waals surface area contributed by atoms with Gasteiger partial charge in [0, 0.05) is 49.8 Å². The Balaban J connectivity index is 1.21. The number of rotatable bonds is 21. The number of carboxylic acids is 1. The van der Waals surface area contributed by atoms with Crippen LogP contribution in [0.15, 0.2) is 34.3 Å². The molecule has 4 heterocycles. The molecule has 0 radical (unpaired) electrons. The van der Waals surface area contributed by atoms with Gasteiger partial charge >= 0.3 is 11.9 Å². The highest BCUT2D eigenvalue weighted by Crippen LogP contribution is 2.46. The molecule has 2 aromatic rings. The Kier molecular flexibility index (Phi) is 15.6. The first kappa shape index (κ1) is 43.3. The number of hydrogen-bond donors (Lipinski definition) is 2. The molecule has 2 bridgehead atoms. The number of carboxylic acid groups (broad SMARTS) is 1. The van der Waals surface area contributed by atoms with E-state index in [0.29, 0.717) is 31.2 Å². The minimum Gasteiger partial charge on any atom is -0.482 e. The van der Waals surface area contributed by atoms with Crippen LogP contribution in [0.4, 0.5) is 8.78 Å². The Bertz CT molecular complexity index is 1850. The highest BCUT2D eigenvalue weighted by Gasteiger charge is 2.55. The van der Waals surface area contributed by atoms with E-state index in [0.717, 1.165) is 63.9 Å². The zero-order valence-corrected chi connectivity index (χ0v) is 33.1. The molecule has 1 aromatic carbocycles. The van der Waals surface area contributed by atoms with Gasteiger partial charge in [0.2, 0.25) is 17.1 Å². The molecule has 1 spiro atoms. The molecule has 0 unspecified atom stereocenters. The molecule has 3 aliphatic heterocycles. The lowest BCUT2D eigenvalue weighted by Crippen LogP contribution is -2.52. The zero-order valence-electron chi connectivity index (χ0n) is 33.1. The van der Waals surface area contributed by atoms with E-state index in [1.54, 1.807) is 4.90 Å². The summed E-state index contributed by atoms with van der Waals surface area (Å²) < 4.78 is 40.5. The summed E-state index contributed by atoms with van der Waals surface area (Å²) >= 11 is 0. The van der Waals surface area contributed by atoms with E-state index >= 15 is 0 Å². The number of hydrogen-bond acceptors (Lipinski definition) is 9. The number of halogens is 2. The topological polar surface area (TPSA) is 166 Å². The number of oxime groups is 1. The second kappa shape index (κ2) is 20.6. The molecule has 1 aromatic heterocycles. The standard InChI is InChI=1S/C42H56F2N4O9/c1-28-21-22-42(24-34(55-2)46-57-42)33-27-47(28)41(54)37-39(38(52)31(26-48(33)37)40(53)45-25-29-19-20-30(43)23-32(29)44)56-36(51)18-16-14-12-10-8-6-4-3-5-7-9-11-13-15-17-35(49)50/h19-20,23,26,28,33H,3-18,21-22,24-25,27H2,1-2H3,(H,45,53)(H,49,50)/t28-,33+,42-/m0/s1. The molecule has 0 aliphatic carbocycles. The van der Waals surface area contributed by atoms with Crippen LogP contribution in [0.5, 0.6) is 5.75 Å². The molecule has 13 nitrogen and oxygen atoms in total. The third kappa shape index (κ3) is 11.2. The van der Waals surface area contributed by atoms with E-state index in [2.05, 4.69) is 10.5 Å². The van der Waals surface area contributed by atoms with E-state index in [9.17, 15) is 32.8 Å². The first-order valence-corrected chi connectivity index (χ1v) is 20.5. The number of carbonyl (C=O) groups is 4. The fourth-order valence-corrected chi connectivity index (χ4v) is 8.04. The van der Waals surface area contributed by atoms with Crippen LogP contribution < -0.4 is 15.5 Å². The number of aromatic nitrogens is 1. The summed E-state index contributed by atoms with van der Waals surface area (Å²) in [5.41, 5.74) is -2.54. The number of amides is 2. The highest BCUT2D eigenvalue weighted by molar-refractivity contribution is 6.00. The quantitative estimate of drug-likeness (QED) is 0.0956. The van der Waals surface area contributed by atoms with Crippen LogP contribution in [0.1, 0.15) is 161 Å². The molecule has 1 fully saturated rings. The second-order valence-electron chi connectivity index (χ2n) is 15.6. The van der Waals surface area contributed by atoms with Gasteiger partial charge in [-0.1, -0.05) is 88.3 Å². The predicted molar refractivity (Wildman–Crippen MR) is 207 cm³/mol. The normalized spacial score (nSPS) is 19.8. The number of nitrogens with zero attached hydrogens (tertiary/aromatic N) is 3. The van der Waals surface area contributed by atoms with Crippen LogP contribution in [-0.2, 0) is 25.7 Å². The number of aliphatic carboxylic acids is 1. The molecular weight excluding hydrogens is 742 g/mol. The summed E-state index contributed by atoms with van der Waals surface area (Å²) in [4.78, 5) is 73.4. The van der Waals surface area contributed by atoms with E-state index in [1.165, 1.54) is 49.6 Å². The molecule has 0 saturated carbocycles. The summed E-state index contributed by atoms with van der Waals surface area (Å²) in [5.74, 6) is -4.68. The lowest BCUT2D eigenvalue weighted by Gasteiger charge is -2.41. The lowest BCUT2D eigenvalue weighted by molar-refractivity contribution is -0.137. The number of fused-ring (bicyclic) bond motifs is 5. The molecule has 1 saturated heterocycles. The summed E-state index contributed by atoms with van der Waals surface area (Å²) in [6.45, 7) is 1.72. The Morgan fingerprint density at radius 1 is 0.947 bits per heavy atom. The summed E-state index contributed by atoms with van der Waals surface area (Å²) in [6.07, 6.45) is 17.1. The van der Waals surface area contributed by atoms with Crippen LogP contribution in [0, 0.1) is 11.6 Å². The highest BCUT2D eigenvalue weighted by atomic mass is 19.1. The lowest BCUT2D eigenvalue weighted by atomic mass is 9.85. The molecule has 15 heteroatoms. The minimum absolute atomic E-state index is 0.00435. The van der Waals surface area contributed by atoms with Crippen molar-refractivity contribution >= 4 is 29.7 Å². The van der Waals surface area contributed by atoms with Gasteiger partial charge in [-0.3, -0.25) is 24.0 Å². The Morgan fingerprint density at radius 2 is 1.56 bits per heavy atom. The minimum atomic E-state index is -0.989. The van der Waals surface area contributed by atoms with Gasteiger partial charge in [-0.05, 0) is 38.7 Å². The number of benzene rings is 1. The number of esters is 1. The molecule has 3 atom stereocenters. The predicted octanol–water partition coefficient (Wildman–Crippen LogP) is 7.59. The van der Waals surface area contributed by atoms with Crippen molar-refractivity contribution in [3.05, 3.63) is 63.1 Å². The van der Waals surface area contributed by atoms with Gasteiger partial charge in [0.05, 0.1) is 19.6 Å². The number of carbonyl (C=O) groups excluding carboxylic acids is 3. The molecular formula is C42H56F2N4O9. The summed E-state index contributed by atoms with van der Waals surface area (Å²) in [6, 6.07) is 2.04. The van der Waals surface area contributed by atoms with Gasteiger partial charge in [0.1, 0.15) is 17.2 Å². The number of methoxy groups -OCH3 is 1. The first-order valence-electron chi connectivity index (χ1n) is 20.5. The first-order chi connectivity index (χ1) is 27.4. The Labute approximate surface area is 332 Å². The SMILES string of the molecule is COC1=NO[C@@]2(CC[C@H](C)N3C[C@H]2n2cc(C(=O)NCc4ccc(F)cc4F)c(=O)c(OC(=O)CCCCCCCCCCCCCCCCC(=O)O)c2C3=O)C1. The van der Waals surface area contributed by atoms with Crippen molar-refractivity contribution in [2.75, 3.05) is 13.7 Å². The van der Waals surface area contributed by atoms with Crippen molar-refractivity contribution in [1.82, 2.24) is 14.8 Å². The number of ether oxygens (including phenoxy) is 2. The zero-order chi connectivity index (χ0) is 41.0. The van der Waals surface area contributed by atoms with Crippen LogP contribution in [0.3, 0.4) is 0 Å². The van der Waals surface area contributed by atoms with Gasteiger partial charge in [-0.25, -0.2) is 8.78 Å². The van der Waals surface area contributed by atoms with Crippen molar-refractivity contribution < 1.29 is 47.4 Å². The average molecular weight is 799 g/mol. The fraction of sp³-hybridized carbons (Fsp3) is 0.619. The monoisotopic (exact) mass is 798 g/mol. The van der Waals surface area contributed by atoms with E-state index < -0.39 is 63.8 Å². The molecule has 5 rings (SSSR count). The van der Waals surface area contributed by atoms with E-state index in [-0.39, 0.29) is 49.7 Å². The van der Waals surface area contributed by atoms with Crippen LogP contribution in [0.2, 0.25) is 0 Å². The summed E-state index contributed by atoms with van der Waals surface area (Å²) in [5, 5.41) is 15.4. The van der Waals surface area contributed by atoms with Gasteiger partial charge in [0.25, 0.3) is 11.8 Å². The van der Waals surface area contributed by atoms with Crippen molar-refractivity contribution in [3.63, 3.8) is 0 Å². The maximum atomic E-state index is 14.4. The van der Waals surface area contributed by atoms with E-state index in [4.69, 9.17) is 19.4 Å². The molecule has 2 amide bonds. The summed E-state index contributed by atoms with van der Waals surface area (Å²) in [7, 11) is 1.48. The fourth-order valence-electron chi connectivity index (χ4n) is 8.04. The van der Waals surface area contributed by atoms with E-state index in [1.807, 2.05) is 6.92 Å². The van der Waals surface area contributed by atoms with Crippen LogP contribution in [-0.4, -0.2) is 69.5 Å². The van der Waals surface area contributed by atoms with Gasteiger partial charge < -0.3 is 34.2 Å². The number of nitrogens with one attached hydrogen (secondary N) is 1. The van der Waals surface area contributed by atoms with Crippen LogP contribution in [0.25, 0.3) is 0 Å². The van der Waals surface area contributed by atoms with Gasteiger partial charge in [-0.2, -0.15) is 0 Å². The van der Waals surface area contributed by atoms with Crippen LogP contribution >= 0.6 is 0 Å².